The van der Waals surface area contributed by atoms with Gasteiger partial charge in [0.25, 0.3) is 0 Å². The average Bonchev–Trinajstić information content (AvgIpc) is 3.34. The molecule has 1 aliphatic rings. The number of nitrogens with two attached hydrogens (primary N) is 1. The molecule has 34 heavy (non-hydrogen) atoms. The Hall–Kier alpha value is -4.09. The number of alkyl halides is 3. The third-order valence-electron chi connectivity index (χ3n) is 5.84. The van der Waals surface area contributed by atoms with E-state index in [1.54, 1.807) is 19.2 Å². The van der Waals surface area contributed by atoms with Crippen molar-refractivity contribution in [1.82, 2.24) is 24.3 Å². The molecule has 1 aromatic carbocycles. The molecule has 0 saturated carbocycles. The molecule has 1 amide bonds. The number of nitrogens with one attached hydrogen (secondary N) is 1. The van der Waals surface area contributed by atoms with Crippen LogP contribution in [-0.2, 0) is 16.6 Å². The van der Waals surface area contributed by atoms with Crippen molar-refractivity contribution in [3.8, 4) is 11.5 Å². The van der Waals surface area contributed by atoms with Gasteiger partial charge in [-0.05, 0) is 24.6 Å². The van der Waals surface area contributed by atoms with Crippen LogP contribution in [0, 0.1) is 5.82 Å². The van der Waals surface area contributed by atoms with Crippen molar-refractivity contribution in [2.24, 2.45) is 0 Å². The second kappa shape index (κ2) is 7.47. The normalized spacial score (nSPS) is 17.7. The van der Waals surface area contributed by atoms with Gasteiger partial charge in [0.2, 0.25) is 5.91 Å². The van der Waals surface area contributed by atoms with Crippen molar-refractivity contribution >= 4 is 23.2 Å². The Balaban J connectivity index is 1.61. The number of rotatable bonds is 4. The van der Waals surface area contributed by atoms with Crippen molar-refractivity contribution in [2.75, 3.05) is 11.1 Å². The zero-order chi connectivity index (χ0) is 24.3. The van der Waals surface area contributed by atoms with Gasteiger partial charge in [-0.1, -0.05) is 12.1 Å². The number of hydrogen-bond donors (Lipinski definition) is 2. The molecule has 1 atom stereocenters. The molecule has 174 valence electrons. The van der Waals surface area contributed by atoms with E-state index in [4.69, 9.17) is 5.73 Å². The Morgan fingerprint density at radius 1 is 1.21 bits per heavy atom. The van der Waals surface area contributed by atoms with E-state index >= 15 is 0 Å². The number of imidazole rings is 1. The van der Waals surface area contributed by atoms with E-state index in [1.165, 1.54) is 35.0 Å². The first kappa shape index (κ1) is 21.7. The molecule has 0 bridgehead atoms. The van der Waals surface area contributed by atoms with Gasteiger partial charge in [0.1, 0.15) is 28.6 Å². The Labute approximate surface area is 189 Å². The van der Waals surface area contributed by atoms with E-state index in [2.05, 4.69) is 25.3 Å². The molecule has 0 saturated heterocycles. The van der Waals surface area contributed by atoms with E-state index in [9.17, 15) is 22.4 Å². The fourth-order valence-electron chi connectivity index (χ4n) is 4.13. The lowest BCUT2D eigenvalue weighted by Gasteiger charge is -2.23. The fourth-order valence-corrected chi connectivity index (χ4v) is 4.13. The molecular formula is C22H17F4N7O. The van der Waals surface area contributed by atoms with Crippen LogP contribution >= 0.6 is 0 Å². The summed E-state index contributed by atoms with van der Waals surface area (Å²) < 4.78 is 53.8. The number of hydrogen-bond acceptors (Lipinski definition) is 6. The monoisotopic (exact) mass is 471 g/mol. The van der Waals surface area contributed by atoms with Gasteiger partial charge in [-0.25, -0.2) is 24.3 Å². The van der Waals surface area contributed by atoms with Crippen LogP contribution in [0.25, 0.3) is 17.2 Å². The quantitative estimate of drug-likeness (QED) is 0.440. The summed E-state index contributed by atoms with van der Waals surface area (Å²) in [5.41, 5.74) is 6.13. The van der Waals surface area contributed by atoms with Crippen molar-refractivity contribution in [3.05, 3.63) is 65.5 Å². The molecule has 1 aliphatic heterocycles. The second-order valence-electron chi connectivity index (χ2n) is 8.09. The summed E-state index contributed by atoms with van der Waals surface area (Å²) in [5.74, 6) is -0.863. The molecular weight excluding hydrogens is 454 g/mol. The highest BCUT2D eigenvalue weighted by Crippen LogP contribution is 2.45. The maximum Gasteiger partial charge on any atom is 0.389 e. The van der Waals surface area contributed by atoms with Crippen LogP contribution in [0.4, 0.5) is 29.2 Å². The summed E-state index contributed by atoms with van der Waals surface area (Å²) >= 11 is 0. The third-order valence-corrected chi connectivity index (χ3v) is 5.84. The van der Waals surface area contributed by atoms with Crippen LogP contribution in [-0.4, -0.2) is 36.4 Å². The first-order valence-electron chi connectivity index (χ1n) is 10.2. The van der Waals surface area contributed by atoms with Crippen LogP contribution in [0.1, 0.15) is 30.2 Å². The van der Waals surface area contributed by atoms with Gasteiger partial charge in [-0.2, -0.15) is 13.2 Å². The minimum absolute atomic E-state index is 0.0175. The number of halogens is 4. The minimum atomic E-state index is -4.36. The number of nitrogens with zero attached hydrogens (tertiary/aromatic N) is 5. The standard InChI is InChI=1S/C22H17F4N7O/c1-21(11-3-2-4-12(23)9-11)15-16(27)30-17(31-18(15)32-20(21)34)14-10-33-8-7-28-19(33)13(29-14)5-6-22(24,25)26/h2-4,7-10H,5-6H2,1H3,(H3,27,30,31,32,34). The van der Waals surface area contributed by atoms with Gasteiger partial charge >= 0.3 is 6.18 Å². The molecule has 8 nitrogen and oxygen atoms in total. The Morgan fingerprint density at radius 3 is 2.74 bits per heavy atom. The number of aromatic nitrogens is 5. The van der Waals surface area contributed by atoms with Crippen molar-refractivity contribution in [2.45, 2.75) is 31.4 Å². The Bertz CT molecular complexity index is 1450. The number of carbonyl (C=O) groups excluding carboxylic acids is 1. The van der Waals surface area contributed by atoms with Crippen molar-refractivity contribution in [1.29, 1.82) is 0 Å². The zero-order valence-corrected chi connectivity index (χ0v) is 17.7. The molecule has 3 aromatic heterocycles. The first-order valence-corrected chi connectivity index (χ1v) is 10.2. The molecule has 1 unspecified atom stereocenters. The molecule has 0 aliphatic carbocycles. The van der Waals surface area contributed by atoms with E-state index in [0.29, 0.717) is 5.56 Å². The number of aryl methyl sites for hydroxylation is 1. The van der Waals surface area contributed by atoms with Gasteiger partial charge < -0.3 is 15.5 Å². The number of amides is 1. The first-order chi connectivity index (χ1) is 16.1. The number of anilines is 2. The molecule has 3 N–H and O–H groups in total. The van der Waals surface area contributed by atoms with E-state index in [0.717, 1.165) is 0 Å². The highest BCUT2D eigenvalue weighted by Gasteiger charge is 2.47. The van der Waals surface area contributed by atoms with Gasteiger partial charge in [-0.3, -0.25) is 4.79 Å². The molecule has 0 spiro atoms. The lowest BCUT2D eigenvalue weighted by Crippen LogP contribution is -2.33. The summed E-state index contributed by atoms with van der Waals surface area (Å²) in [5, 5.41) is 2.66. The van der Waals surface area contributed by atoms with Gasteiger partial charge in [0, 0.05) is 31.4 Å². The predicted octanol–water partition coefficient (Wildman–Crippen LogP) is 3.66. The molecule has 0 fully saturated rings. The summed E-state index contributed by atoms with van der Waals surface area (Å²) in [6, 6.07) is 5.59. The zero-order valence-electron chi connectivity index (χ0n) is 17.7. The summed E-state index contributed by atoms with van der Waals surface area (Å²) in [6.45, 7) is 1.59. The smallest absolute Gasteiger partial charge is 0.383 e. The van der Waals surface area contributed by atoms with Crippen LogP contribution < -0.4 is 11.1 Å². The van der Waals surface area contributed by atoms with Crippen LogP contribution in [0.15, 0.2) is 42.9 Å². The molecule has 4 aromatic rings. The van der Waals surface area contributed by atoms with Crippen molar-refractivity contribution in [3.63, 3.8) is 0 Å². The Morgan fingerprint density at radius 2 is 2.00 bits per heavy atom. The maximum atomic E-state index is 13.9. The fraction of sp³-hybridized carbons (Fsp3) is 0.227. The summed E-state index contributed by atoms with van der Waals surface area (Å²) in [4.78, 5) is 30.0. The van der Waals surface area contributed by atoms with Crippen LogP contribution in [0.5, 0.6) is 0 Å². The van der Waals surface area contributed by atoms with Crippen LogP contribution in [0.2, 0.25) is 0 Å². The molecule has 12 heteroatoms. The van der Waals surface area contributed by atoms with Crippen molar-refractivity contribution < 1.29 is 22.4 Å². The number of benzene rings is 1. The number of carbonyl (C=O) groups is 1. The predicted molar refractivity (Wildman–Crippen MR) is 114 cm³/mol. The average molecular weight is 471 g/mol. The molecule has 4 heterocycles. The van der Waals surface area contributed by atoms with E-state index < -0.39 is 29.7 Å². The molecule has 0 radical (unpaired) electrons. The maximum absolute atomic E-state index is 13.9. The Kier molecular flexibility index (Phi) is 4.78. The van der Waals surface area contributed by atoms with E-state index in [-0.39, 0.29) is 46.5 Å². The SMILES string of the molecule is CC1(c2cccc(F)c2)C(=O)Nc2nc(-c3cn4ccnc4c(CCC(F)(F)F)n3)nc(N)c21. The lowest BCUT2D eigenvalue weighted by molar-refractivity contribution is -0.134. The highest BCUT2D eigenvalue weighted by molar-refractivity contribution is 6.09. The lowest BCUT2D eigenvalue weighted by atomic mass is 9.78. The topological polar surface area (TPSA) is 111 Å². The highest BCUT2D eigenvalue weighted by atomic mass is 19.4. The van der Waals surface area contributed by atoms with Gasteiger partial charge in [0.15, 0.2) is 11.5 Å². The third kappa shape index (κ3) is 3.51. The largest absolute Gasteiger partial charge is 0.389 e. The molecule has 5 rings (SSSR count). The van der Waals surface area contributed by atoms with Gasteiger partial charge in [-0.15, -0.1) is 0 Å². The van der Waals surface area contributed by atoms with E-state index in [1.807, 2.05) is 0 Å². The summed E-state index contributed by atoms with van der Waals surface area (Å²) in [6.07, 6.45) is -1.28. The van der Waals surface area contributed by atoms with Crippen LogP contribution in [0.3, 0.4) is 0 Å². The number of nitrogen functional groups attached to an aromatic ring is 1. The number of fused-ring (bicyclic) bond motifs is 2. The van der Waals surface area contributed by atoms with Gasteiger partial charge in [0.05, 0.1) is 11.3 Å². The summed E-state index contributed by atoms with van der Waals surface area (Å²) in [7, 11) is 0. The minimum Gasteiger partial charge on any atom is -0.383 e. The second-order valence-corrected chi connectivity index (χ2v) is 8.09.